The summed E-state index contributed by atoms with van der Waals surface area (Å²) >= 11 is 0. The molecule has 0 N–H and O–H groups in total. The van der Waals surface area contributed by atoms with E-state index in [1.165, 1.54) is 77.3 Å². The van der Waals surface area contributed by atoms with Crippen molar-refractivity contribution >= 4 is 0 Å². The minimum atomic E-state index is 0.0976. The maximum absolute atomic E-state index is 6.21. The number of hydrogen-bond donors (Lipinski definition) is 0. The third-order valence-corrected chi connectivity index (χ3v) is 9.00. The van der Waals surface area contributed by atoms with Gasteiger partial charge in [-0.15, -0.1) is 0 Å². The van der Waals surface area contributed by atoms with E-state index in [-0.39, 0.29) is 6.29 Å². The molecule has 0 unspecified atom stereocenters. The second kappa shape index (κ2) is 7.72. The summed E-state index contributed by atoms with van der Waals surface area (Å²) in [6.07, 6.45) is 18.9. The SMILES string of the molecule is C1CCC(C2OCC(N3CCC(C45CCC(CC4)CC5)CC3)CO2)CC1. The summed E-state index contributed by atoms with van der Waals surface area (Å²) in [5.41, 5.74) is 0.743. The maximum Gasteiger partial charge on any atom is 0.160 e. The van der Waals surface area contributed by atoms with Crippen molar-refractivity contribution in [1.29, 1.82) is 0 Å². The molecular weight excluding hydrogens is 322 g/mol. The van der Waals surface area contributed by atoms with Crippen LogP contribution in [0.4, 0.5) is 0 Å². The van der Waals surface area contributed by atoms with Crippen molar-refractivity contribution in [2.75, 3.05) is 26.3 Å². The van der Waals surface area contributed by atoms with E-state index in [1.54, 1.807) is 19.3 Å². The molecule has 2 bridgehead atoms. The molecule has 2 saturated heterocycles. The van der Waals surface area contributed by atoms with Crippen LogP contribution in [0, 0.1) is 23.2 Å². The lowest BCUT2D eigenvalue weighted by atomic mass is 9.54. The van der Waals surface area contributed by atoms with Crippen molar-refractivity contribution in [1.82, 2.24) is 4.90 Å². The van der Waals surface area contributed by atoms with Crippen LogP contribution < -0.4 is 0 Å². The zero-order chi connectivity index (χ0) is 17.4. The van der Waals surface area contributed by atoms with Crippen LogP contribution in [0.15, 0.2) is 0 Å². The fourth-order valence-electron chi connectivity index (χ4n) is 7.17. The molecule has 0 aromatic carbocycles. The standard InChI is InChI=1S/C23H39NO2/c1-2-4-19(5-3-1)22-25-16-21(17-26-22)24-14-9-20(10-15-24)23-11-6-18(7-12-23)8-13-23/h18-22H,1-17H2. The fraction of sp³-hybridized carbons (Fsp3) is 1.00. The van der Waals surface area contributed by atoms with Crippen LogP contribution in [0.25, 0.3) is 0 Å². The molecule has 0 spiro atoms. The Bertz CT molecular complexity index is 437. The van der Waals surface area contributed by atoms with Gasteiger partial charge in [0.25, 0.3) is 0 Å². The van der Waals surface area contributed by atoms with Crippen LogP contribution in [-0.2, 0) is 9.47 Å². The van der Waals surface area contributed by atoms with Crippen molar-refractivity contribution in [3.63, 3.8) is 0 Å². The Hall–Kier alpha value is -0.120. The quantitative estimate of drug-likeness (QED) is 0.707. The third-order valence-electron chi connectivity index (χ3n) is 9.00. The second-order valence-corrected chi connectivity index (χ2v) is 10.2. The summed E-state index contributed by atoms with van der Waals surface area (Å²) < 4.78 is 12.4. The Morgan fingerprint density at radius 2 is 1.31 bits per heavy atom. The molecule has 2 heterocycles. The van der Waals surface area contributed by atoms with Crippen LogP contribution in [0.2, 0.25) is 0 Å². The van der Waals surface area contributed by atoms with Gasteiger partial charge >= 0.3 is 0 Å². The summed E-state index contributed by atoms with van der Waals surface area (Å²) in [6.45, 7) is 4.36. The van der Waals surface area contributed by atoms with Gasteiger partial charge in [-0.2, -0.15) is 0 Å². The molecule has 0 amide bonds. The van der Waals surface area contributed by atoms with Gasteiger partial charge in [-0.1, -0.05) is 19.3 Å². The lowest BCUT2D eigenvalue weighted by Gasteiger charge is -2.53. The van der Waals surface area contributed by atoms with Gasteiger partial charge in [0.05, 0.1) is 19.3 Å². The summed E-state index contributed by atoms with van der Waals surface area (Å²) in [5, 5.41) is 0. The molecular formula is C23H39NO2. The molecule has 148 valence electrons. The Labute approximate surface area is 160 Å². The van der Waals surface area contributed by atoms with Crippen LogP contribution in [0.5, 0.6) is 0 Å². The van der Waals surface area contributed by atoms with Crippen LogP contribution in [0.3, 0.4) is 0 Å². The molecule has 4 saturated carbocycles. The first-order chi connectivity index (χ1) is 12.8. The Kier molecular flexibility index (Phi) is 5.33. The van der Waals surface area contributed by atoms with E-state index < -0.39 is 0 Å². The van der Waals surface area contributed by atoms with Crippen LogP contribution >= 0.6 is 0 Å². The van der Waals surface area contributed by atoms with Crippen molar-refractivity contribution < 1.29 is 9.47 Å². The zero-order valence-corrected chi connectivity index (χ0v) is 16.7. The maximum atomic E-state index is 6.21. The van der Waals surface area contributed by atoms with E-state index in [1.807, 2.05) is 0 Å². The van der Waals surface area contributed by atoms with Gasteiger partial charge in [0.15, 0.2) is 6.29 Å². The average molecular weight is 362 g/mol. The molecule has 0 atom stereocenters. The average Bonchev–Trinajstić information content (AvgIpc) is 2.76. The molecule has 3 heteroatoms. The molecule has 4 aliphatic carbocycles. The van der Waals surface area contributed by atoms with Gasteiger partial charge in [-0.3, -0.25) is 4.90 Å². The molecule has 26 heavy (non-hydrogen) atoms. The Balaban J connectivity index is 1.10. The largest absolute Gasteiger partial charge is 0.351 e. The highest BCUT2D eigenvalue weighted by Gasteiger charge is 2.46. The number of likely N-dealkylation sites (tertiary alicyclic amines) is 1. The normalized spacial score (nSPS) is 43.6. The topological polar surface area (TPSA) is 21.7 Å². The minimum absolute atomic E-state index is 0.0976. The first kappa shape index (κ1) is 17.9. The summed E-state index contributed by atoms with van der Waals surface area (Å²) in [5.74, 6) is 2.75. The van der Waals surface area contributed by atoms with Crippen LogP contribution in [-0.4, -0.2) is 43.5 Å². The lowest BCUT2D eigenvalue weighted by Crippen LogP contribution is -2.53. The van der Waals surface area contributed by atoms with Gasteiger partial charge in [-0.05, 0) is 94.5 Å². The molecule has 3 nitrogen and oxygen atoms in total. The van der Waals surface area contributed by atoms with Gasteiger partial charge in [0.2, 0.25) is 0 Å². The molecule has 0 aromatic heterocycles. The molecule has 6 fully saturated rings. The fourth-order valence-corrected chi connectivity index (χ4v) is 7.17. The van der Waals surface area contributed by atoms with Gasteiger partial charge < -0.3 is 9.47 Å². The minimum Gasteiger partial charge on any atom is -0.351 e. The predicted octanol–water partition coefficient (Wildman–Crippen LogP) is 4.99. The van der Waals surface area contributed by atoms with Crippen molar-refractivity contribution in [3.05, 3.63) is 0 Å². The number of fused-ring (bicyclic) bond motifs is 3. The molecule has 0 aromatic rings. The van der Waals surface area contributed by atoms with E-state index in [9.17, 15) is 0 Å². The predicted molar refractivity (Wildman–Crippen MR) is 104 cm³/mol. The number of rotatable bonds is 3. The smallest absolute Gasteiger partial charge is 0.160 e. The van der Waals surface area contributed by atoms with Crippen molar-refractivity contribution in [2.24, 2.45) is 23.2 Å². The van der Waals surface area contributed by atoms with Crippen molar-refractivity contribution in [3.8, 4) is 0 Å². The Morgan fingerprint density at radius 3 is 1.92 bits per heavy atom. The zero-order valence-electron chi connectivity index (χ0n) is 16.7. The first-order valence-corrected chi connectivity index (χ1v) is 11.8. The summed E-state index contributed by atoms with van der Waals surface area (Å²) in [4.78, 5) is 2.69. The summed E-state index contributed by atoms with van der Waals surface area (Å²) in [7, 11) is 0. The van der Waals surface area contributed by atoms with Gasteiger partial charge in [-0.25, -0.2) is 0 Å². The number of nitrogens with zero attached hydrogens (tertiary/aromatic N) is 1. The van der Waals surface area contributed by atoms with E-state index in [0.717, 1.165) is 30.5 Å². The number of ether oxygens (including phenoxy) is 2. The van der Waals surface area contributed by atoms with E-state index in [4.69, 9.17) is 9.47 Å². The highest BCUT2D eigenvalue weighted by Crippen LogP contribution is 2.56. The highest BCUT2D eigenvalue weighted by molar-refractivity contribution is 4.98. The third kappa shape index (κ3) is 3.49. The monoisotopic (exact) mass is 361 g/mol. The number of hydrogen-bond acceptors (Lipinski definition) is 3. The van der Waals surface area contributed by atoms with E-state index >= 15 is 0 Å². The van der Waals surface area contributed by atoms with Crippen LogP contribution in [0.1, 0.15) is 83.5 Å². The highest BCUT2D eigenvalue weighted by atomic mass is 16.7. The molecule has 2 aliphatic heterocycles. The molecule has 0 radical (unpaired) electrons. The Morgan fingerprint density at radius 1 is 0.692 bits per heavy atom. The van der Waals surface area contributed by atoms with E-state index in [2.05, 4.69) is 4.90 Å². The summed E-state index contributed by atoms with van der Waals surface area (Å²) in [6, 6.07) is 0.510. The van der Waals surface area contributed by atoms with Gasteiger partial charge in [0.1, 0.15) is 0 Å². The number of piperidine rings is 1. The molecule has 6 rings (SSSR count). The lowest BCUT2D eigenvalue weighted by molar-refractivity contribution is -0.233. The first-order valence-electron chi connectivity index (χ1n) is 11.8. The molecule has 6 aliphatic rings. The van der Waals surface area contributed by atoms with E-state index in [0.29, 0.717) is 12.0 Å². The second-order valence-electron chi connectivity index (χ2n) is 10.2. The van der Waals surface area contributed by atoms with Crippen molar-refractivity contribution in [2.45, 2.75) is 95.8 Å². The van der Waals surface area contributed by atoms with Gasteiger partial charge in [0, 0.05) is 5.92 Å².